The van der Waals surface area contributed by atoms with Crippen molar-refractivity contribution in [2.75, 3.05) is 12.4 Å². The second kappa shape index (κ2) is 8.81. The number of amides is 1. The number of thiocarbonyl (C=S) groups is 1. The number of ether oxygens (including phenoxy) is 1. The van der Waals surface area contributed by atoms with Crippen molar-refractivity contribution in [2.24, 2.45) is 5.92 Å². The Bertz CT molecular complexity index is 696. The fraction of sp³-hybridized carbons (Fsp3) is 0.611. The highest BCUT2D eigenvalue weighted by atomic mass is 32.1. The molecule has 0 bridgehead atoms. The van der Waals surface area contributed by atoms with Crippen LogP contribution < -0.4 is 16.2 Å². The van der Waals surface area contributed by atoms with Gasteiger partial charge in [0.25, 0.3) is 0 Å². The highest BCUT2D eigenvalue weighted by Gasteiger charge is 2.27. The van der Waals surface area contributed by atoms with Gasteiger partial charge >= 0.3 is 5.97 Å². The Labute approximate surface area is 163 Å². The summed E-state index contributed by atoms with van der Waals surface area (Å²) >= 11 is 6.80. The van der Waals surface area contributed by atoms with Crippen molar-refractivity contribution in [1.82, 2.24) is 10.9 Å². The largest absolute Gasteiger partial charge is 0.465 e. The number of anilines is 1. The van der Waals surface area contributed by atoms with Crippen molar-refractivity contribution in [3.8, 4) is 0 Å². The minimum absolute atomic E-state index is 0.0529. The van der Waals surface area contributed by atoms with E-state index in [4.69, 9.17) is 17.0 Å². The zero-order valence-corrected chi connectivity index (χ0v) is 16.6. The SMILES string of the molecule is COC(=O)c1c(NC(=S)NNC(=O)CC2CCCCC2)sc2c1CCC2. The molecule has 0 radical (unpaired) electrons. The van der Waals surface area contributed by atoms with Crippen LogP contribution in [0, 0.1) is 5.92 Å². The molecular formula is C18H25N3O3S2. The zero-order valence-electron chi connectivity index (χ0n) is 15.0. The maximum Gasteiger partial charge on any atom is 0.341 e. The lowest BCUT2D eigenvalue weighted by atomic mass is 9.87. The first-order chi connectivity index (χ1) is 12.6. The summed E-state index contributed by atoms with van der Waals surface area (Å²) in [5.41, 5.74) is 7.04. The minimum atomic E-state index is -0.351. The fourth-order valence-electron chi connectivity index (χ4n) is 3.78. The Morgan fingerprint density at radius 3 is 2.65 bits per heavy atom. The highest BCUT2D eigenvalue weighted by Crippen LogP contribution is 2.39. The lowest BCUT2D eigenvalue weighted by molar-refractivity contribution is -0.122. The van der Waals surface area contributed by atoms with Gasteiger partial charge < -0.3 is 10.1 Å². The number of nitrogens with one attached hydrogen (secondary N) is 3. The summed E-state index contributed by atoms with van der Waals surface area (Å²) in [4.78, 5) is 25.4. The standard InChI is InChI=1S/C18H25N3O3S2/c1-24-17(23)15-12-8-5-9-13(12)26-16(15)19-18(25)21-20-14(22)10-11-6-3-2-4-7-11/h11H,2-10H2,1H3,(H,20,22)(H2,19,21,25). The van der Waals surface area contributed by atoms with E-state index >= 15 is 0 Å². The monoisotopic (exact) mass is 395 g/mol. The second-order valence-electron chi connectivity index (χ2n) is 6.89. The quantitative estimate of drug-likeness (QED) is 0.412. The molecule has 1 saturated carbocycles. The first-order valence-electron chi connectivity index (χ1n) is 9.17. The van der Waals surface area contributed by atoms with Crippen LogP contribution in [0.25, 0.3) is 0 Å². The lowest BCUT2D eigenvalue weighted by Gasteiger charge is -2.21. The molecule has 8 heteroatoms. The zero-order chi connectivity index (χ0) is 18.5. The first kappa shape index (κ1) is 19.1. The molecule has 0 unspecified atom stereocenters. The number of methoxy groups -OCH3 is 1. The summed E-state index contributed by atoms with van der Waals surface area (Å²) in [6.45, 7) is 0. The maximum absolute atomic E-state index is 12.1. The molecule has 1 aromatic heterocycles. The topological polar surface area (TPSA) is 79.5 Å². The van der Waals surface area contributed by atoms with Gasteiger partial charge in [0.05, 0.1) is 12.7 Å². The lowest BCUT2D eigenvalue weighted by Crippen LogP contribution is -2.44. The van der Waals surface area contributed by atoms with Crippen LogP contribution >= 0.6 is 23.6 Å². The predicted molar refractivity (Wildman–Crippen MR) is 106 cm³/mol. The van der Waals surface area contributed by atoms with E-state index in [1.54, 1.807) is 0 Å². The summed E-state index contributed by atoms with van der Waals surface area (Å²) < 4.78 is 4.92. The molecule has 1 aromatic rings. The third kappa shape index (κ3) is 4.54. The van der Waals surface area contributed by atoms with Crippen LogP contribution in [0.3, 0.4) is 0 Å². The van der Waals surface area contributed by atoms with Gasteiger partial charge in [-0.1, -0.05) is 19.3 Å². The third-order valence-electron chi connectivity index (χ3n) is 5.05. The normalized spacial score (nSPS) is 16.7. The van der Waals surface area contributed by atoms with Gasteiger partial charge in [0.1, 0.15) is 5.00 Å². The molecule has 0 atom stereocenters. The minimum Gasteiger partial charge on any atom is -0.465 e. The van der Waals surface area contributed by atoms with E-state index in [0.717, 1.165) is 37.7 Å². The average Bonchev–Trinajstić information content (AvgIpc) is 3.21. The Hall–Kier alpha value is -1.67. The fourth-order valence-corrected chi connectivity index (χ4v) is 5.28. The van der Waals surface area contributed by atoms with E-state index in [9.17, 15) is 9.59 Å². The van der Waals surface area contributed by atoms with E-state index in [1.165, 1.54) is 42.6 Å². The molecule has 0 saturated heterocycles. The van der Waals surface area contributed by atoms with Crippen molar-refractivity contribution < 1.29 is 14.3 Å². The molecule has 0 aliphatic heterocycles. The van der Waals surface area contributed by atoms with Crippen molar-refractivity contribution in [1.29, 1.82) is 0 Å². The van der Waals surface area contributed by atoms with Crippen molar-refractivity contribution in [3.63, 3.8) is 0 Å². The number of thiophene rings is 1. The number of carbonyl (C=O) groups excluding carboxylic acids is 2. The van der Waals surface area contributed by atoms with Crippen molar-refractivity contribution in [3.05, 3.63) is 16.0 Å². The summed E-state index contributed by atoms with van der Waals surface area (Å²) in [7, 11) is 1.38. The Kier molecular flexibility index (Phi) is 6.48. The van der Waals surface area contributed by atoms with Gasteiger partial charge in [0.2, 0.25) is 5.91 Å². The van der Waals surface area contributed by atoms with E-state index in [1.807, 2.05) is 0 Å². The Morgan fingerprint density at radius 2 is 1.92 bits per heavy atom. The van der Waals surface area contributed by atoms with Gasteiger partial charge in [-0.2, -0.15) is 0 Å². The first-order valence-corrected chi connectivity index (χ1v) is 10.4. The van der Waals surface area contributed by atoms with Crippen LogP contribution in [0.5, 0.6) is 0 Å². The molecule has 0 aromatic carbocycles. The van der Waals surface area contributed by atoms with Crippen LogP contribution in [0.4, 0.5) is 5.00 Å². The predicted octanol–water partition coefficient (Wildman–Crippen LogP) is 3.31. The van der Waals surface area contributed by atoms with E-state index in [2.05, 4.69) is 16.2 Å². The van der Waals surface area contributed by atoms with Crippen LogP contribution in [-0.2, 0) is 22.4 Å². The third-order valence-corrected chi connectivity index (χ3v) is 6.46. The van der Waals surface area contributed by atoms with Crippen molar-refractivity contribution in [2.45, 2.75) is 57.8 Å². The molecule has 2 aliphatic rings. The molecule has 1 heterocycles. The summed E-state index contributed by atoms with van der Waals surface area (Å²) in [6, 6.07) is 0. The molecule has 142 valence electrons. The molecule has 2 aliphatic carbocycles. The summed E-state index contributed by atoms with van der Waals surface area (Å²) in [5, 5.41) is 3.99. The van der Waals surface area contributed by atoms with Gasteiger partial charge in [-0.25, -0.2) is 4.79 Å². The summed E-state index contributed by atoms with van der Waals surface area (Å²) in [6.07, 6.45) is 9.40. The van der Waals surface area contributed by atoms with Crippen LogP contribution in [0.1, 0.15) is 65.7 Å². The van der Waals surface area contributed by atoms with Gasteiger partial charge in [-0.3, -0.25) is 15.6 Å². The molecule has 6 nitrogen and oxygen atoms in total. The van der Waals surface area contributed by atoms with Gasteiger partial charge in [0, 0.05) is 11.3 Å². The molecule has 1 amide bonds. The van der Waals surface area contributed by atoms with Gasteiger partial charge in [0.15, 0.2) is 5.11 Å². The molecular weight excluding hydrogens is 370 g/mol. The molecule has 3 rings (SSSR count). The number of hydrogen-bond donors (Lipinski definition) is 3. The van der Waals surface area contributed by atoms with E-state index in [0.29, 0.717) is 22.9 Å². The Morgan fingerprint density at radius 1 is 1.15 bits per heavy atom. The molecule has 1 fully saturated rings. The number of carbonyl (C=O) groups is 2. The number of rotatable bonds is 4. The number of hydrazine groups is 1. The van der Waals surface area contributed by atoms with Crippen LogP contribution in [0.2, 0.25) is 0 Å². The number of hydrogen-bond acceptors (Lipinski definition) is 5. The maximum atomic E-state index is 12.1. The smallest absolute Gasteiger partial charge is 0.341 e. The van der Waals surface area contributed by atoms with Crippen molar-refractivity contribution >= 4 is 45.5 Å². The summed E-state index contributed by atoms with van der Waals surface area (Å²) in [5.74, 6) is 0.0669. The van der Waals surface area contributed by atoms with E-state index in [-0.39, 0.29) is 17.0 Å². The molecule has 3 N–H and O–H groups in total. The second-order valence-corrected chi connectivity index (χ2v) is 8.40. The van der Waals surface area contributed by atoms with Gasteiger partial charge in [-0.15, -0.1) is 11.3 Å². The highest BCUT2D eigenvalue weighted by molar-refractivity contribution is 7.80. The molecule has 26 heavy (non-hydrogen) atoms. The number of fused-ring (bicyclic) bond motifs is 1. The average molecular weight is 396 g/mol. The Balaban J connectivity index is 1.53. The number of esters is 1. The number of aryl methyl sites for hydroxylation is 1. The van der Waals surface area contributed by atoms with Gasteiger partial charge in [-0.05, 0) is 55.8 Å². The van der Waals surface area contributed by atoms with Crippen LogP contribution in [0.15, 0.2) is 0 Å². The van der Waals surface area contributed by atoms with E-state index < -0.39 is 0 Å². The molecule has 0 spiro atoms. The van der Waals surface area contributed by atoms with Crippen LogP contribution in [-0.4, -0.2) is 24.1 Å².